The molecule has 2 N–H and O–H groups in total. The number of amides is 2. The van der Waals surface area contributed by atoms with Crippen molar-refractivity contribution < 1.29 is 19.1 Å². The van der Waals surface area contributed by atoms with Gasteiger partial charge in [0.25, 0.3) is 0 Å². The summed E-state index contributed by atoms with van der Waals surface area (Å²) in [6, 6.07) is 14.8. The molecule has 0 aromatic heterocycles. The Kier molecular flexibility index (Phi) is 9.02. The molecular formula is C23H30N2O4. The lowest BCUT2D eigenvalue weighted by molar-refractivity contribution is -0.123. The molecule has 0 aliphatic heterocycles. The van der Waals surface area contributed by atoms with Gasteiger partial charge in [0.05, 0.1) is 27.1 Å². The Bertz CT molecular complexity index is 807. The molecule has 0 unspecified atom stereocenters. The molecule has 0 saturated carbocycles. The molecule has 0 bridgehead atoms. The summed E-state index contributed by atoms with van der Waals surface area (Å²) >= 11 is 0. The molecule has 0 fully saturated rings. The summed E-state index contributed by atoms with van der Waals surface area (Å²) in [5, 5.41) is 5.95. The van der Waals surface area contributed by atoms with Crippen LogP contribution in [-0.4, -0.2) is 38.6 Å². The Balaban J connectivity index is 1.84. The highest BCUT2D eigenvalue weighted by molar-refractivity contribution is 5.80. The number of hydrogen-bond donors (Lipinski definition) is 2. The smallest absolute Gasteiger partial charge is 0.224 e. The summed E-state index contributed by atoms with van der Waals surface area (Å²) in [6.07, 6.45) is 2.25. The van der Waals surface area contributed by atoms with E-state index in [1.165, 1.54) is 0 Å². The largest absolute Gasteiger partial charge is 0.497 e. The van der Waals surface area contributed by atoms with Crippen LogP contribution in [0.4, 0.5) is 0 Å². The molecule has 156 valence electrons. The maximum atomic E-state index is 12.4. The van der Waals surface area contributed by atoms with Gasteiger partial charge in [-0.05, 0) is 41.8 Å². The standard InChI is InChI=1S/C23H30N2O4/c1-4-7-19(25-23(27)15-18-9-6-11-21(13-18)29-3)16-24-22(26)14-17-8-5-10-20(12-17)28-2/h5-6,8-13,19H,4,7,14-16H2,1-3H3,(H,24,26)(H,25,27)/t19-/m1/s1. The van der Waals surface area contributed by atoms with Gasteiger partial charge in [0.15, 0.2) is 0 Å². The van der Waals surface area contributed by atoms with E-state index >= 15 is 0 Å². The number of carbonyl (C=O) groups is 2. The summed E-state index contributed by atoms with van der Waals surface area (Å²) in [7, 11) is 3.20. The second-order valence-electron chi connectivity index (χ2n) is 6.91. The number of ether oxygens (including phenoxy) is 2. The molecule has 6 heteroatoms. The van der Waals surface area contributed by atoms with Gasteiger partial charge >= 0.3 is 0 Å². The third-order valence-electron chi connectivity index (χ3n) is 4.55. The van der Waals surface area contributed by atoms with Crippen molar-refractivity contribution in [3.8, 4) is 11.5 Å². The summed E-state index contributed by atoms with van der Waals surface area (Å²) < 4.78 is 10.4. The number of hydrogen-bond acceptors (Lipinski definition) is 4. The zero-order valence-electron chi connectivity index (χ0n) is 17.4. The van der Waals surface area contributed by atoms with E-state index < -0.39 is 0 Å². The first-order chi connectivity index (χ1) is 14.0. The predicted octanol–water partition coefficient (Wildman–Crippen LogP) is 2.89. The van der Waals surface area contributed by atoms with Crippen molar-refractivity contribution in [3.63, 3.8) is 0 Å². The normalized spacial score (nSPS) is 11.4. The van der Waals surface area contributed by atoms with E-state index in [0.29, 0.717) is 6.54 Å². The molecule has 0 aliphatic rings. The Morgan fingerprint density at radius 1 is 0.897 bits per heavy atom. The van der Waals surface area contributed by atoms with Crippen molar-refractivity contribution in [3.05, 3.63) is 59.7 Å². The van der Waals surface area contributed by atoms with Crippen molar-refractivity contribution in [1.82, 2.24) is 10.6 Å². The monoisotopic (exact) mass is 398 g/mol. The molecule has 0 heterocycles. The molecular weight excluding hydrogens is 368 g/mol. The number of nitrogens with one attached hydrogen (secondary N) is 2. The van der Waals surface area contributed by atoms with Crippen LogP contribution in [0.25, 0.3) is 0 Å². The highest BCUT2D eigenvalue weighted by atomic mass is 16.5. The van der Waals surface area contributed by atoms with E-state index in [-0.39, 0.29) is 30.7 Å². The lowest BCUT2D eigenvalue weighted by atomic mass is 10.1. The van der Waals surface area contributed by atoms with Crippen molar-refractivity contribution in [1.29, 1.82) is 0 Å². The van der Waals surface area contributed by atoms with Gasteiger partial charge in [-0.2, -0.15) is 0 Å². The predicted molar refractivity (Wildman–Crippen MR) is 113 cm³/mol. The molecule has 6 nitrogen and oxygen atoms in total. The van der Waals surface area contributed by atoms with Gasteiger partial charge in [-0.25, -0.2) is 0 Å². The van der Waals surface area contributed by atoms with Gasteiger partial charge in [-0.15, -0.1) is 0 Å². The van der Waals surface area contributed by atoms with Crippen LogP contribution in [0.15, 0.2) is 48.5 Å². The molecule has 0 aliphatic carbocycles. The maximum Gasteiger partial charge on any atom is 0.224 e. The lowest BCUT2D eigenvalue weighted by Crippen LogP contribution is -2.44. The quantitative estimate of drug-likeness (QED) is 0.610. The van der Waals surface area contributed by atoms with E-state index in [1.807, 2.05) is 48.5 Å². The molecule has 2 amide bonds. The molecule has 0 radical (unpaired) electrons. The Morgan fingerprint density at radius 3 is 1.97 bits per heavy atom. The Labute approximate surface area is 172 Å². The number of carbonyl (C=O) groups excluding carboxylic acids is 2. The zero-order valence-corrected chi connectivity index (χ0v) is 17.4. The fraction of sp³-hybridized carbons (Fsp3) is 0.391. The van der Waals surface area contributed by atoms with Crippen LogP contribution in [0.2, 0.25) is 0 Å². The fourth-order valence-corrected chi connectivity index (χ4v) is 3.09. The van der Waals surface area contributed by atoms with Gasteiger partial charge in [-0.1, -0.05) is 37.6 Å². The SMILES string of the molecule is CCC[C@H](CNC(=O)Cc1cccc(OC)c1)NC(=O)Cc1cccc(OC)c1. The van der Waals surface area contributed by atoms with Crippen molar-refractivity contribution in [2.45, 2.75) is 38.6 Å². The zero-order chi connectivity index (χ0) is 21.1. The summed E-state index contributed by atoms with van der Waals surface area (Å²) in [6.45, 7) is 2.46. The third kappa shape index (κ3) is 7.86. The second kappa shape index (κ2) is 11.7. The minimum Gasteiger partial charge on any atom is -0.497 e. The average molecular weight is 399 g/mol. The first-order valence-electron chi connectivity index (χ1n) is 9.86. The fourth-order valence-electron chi connectivity index (χ4n) is 3.09. The van der Waals surface area contributed by atoms with Crippen LogP contribution in [0.3, 0.4) is 0 Å². The van der Waals surface area contributed by atoms with Crippen molar-refractivity contribution in [2.75, 3.05) is 20.8 Å². The van der Waals surface area contributed by atoms with Crippen LogP contribution in [0.1, 0.15) is 30.9 Å². The van der Waals surface area contributed by atoms with Crippen molar-refractivity contribution >= 4 is 11.8 Å². The van der Waals surface area contributed by atoms with Crippen LogP contribution in [0.5, 0.6) is 11.5 Å². The second-order valence-corrected chi connectivity index (χ2v) is 6.91. The molecule has 0 spiro atoms. The first kappa shape index (κ1) is 22.3. The Morgan fingerprint density at radius 2 is 1.45 bits per heavy atom. The van der Waals surface area contributed by atoms with Crippen molar-refractivity contribution in [2.24, 2.45) is 0 Å². The van der Waals surface area contributed by atoms with Gasteiger partial charge in [0.1, 0.15) is 11.5 Å². The van der Waals surface area contributed by atoms with E-state index in [2.05, 4.69) is 17.6 Å². The van der Waals surface area contributed by atoms with Crippen LogP contribution in [0, 0.1) is 0 Å². The van der Waals surface area contributed by atoms with Crippen LogP contribution < -0.4 is 20.1 Å². The highest BCUT2D eigenvalue weighted by Gasteiger charge is 2.14. The van der Waals surface area contributed by atoms with E-state index in [9.17, 15) is 9.59 Å². The third-order valence-corrected chi connectivity index (χ3v) is 4.55. The molecule has 1 atom stereocenters. The van der Waals surface area contributed by atoms with Crippen LogP contribution >= 0.6 is 0 Å². The molecule has 0 saturated heterocycles. The summed E-state index contributed by atoms with van der Waals surface area (Å²) in [5.74, 6) is 1.30. The maximum absolute atomic E-state index is 12.4. The van der Waals surface area contributed by atoms with Gasteiger partial charge < -0.3 is 20.1 Å². The molecule has 29 heavy (non-hydrogen) atoms. The molecule has 2 rings (SSSR count). The molecule has 2 aromatic carbocycles. The first-order valence-corrected chi connectivity index (χ1v) is 9.86. The average Bonchev–Trinajstić information content (AvgIpc) is 2.72. The minimum atomic E-state index is -0.104. The van der Waals surface area contributed by atoms with Gasteiger partial charge in [-0.3, -0.25) is 9.59 Å². The van der Waals surface area contributed by atoms with E-state index in [0.717, 1.165) is 35.5 Å². The minimum absolute atomic E-state index is 0.0706. The number of rotatable bonds is 11. The highest BCUT2D eigenvalue weighted by Crippen LogP contribution is 2.14. The summed E-state index contributed by atoms with van der Waals surface area (Å²) in [5.41, 5.74) is 1.77. The van der Waals surface area contributed by atoms with E-state index in [1.54, 1.807) is 14.2 Å². The van der Waals surface area contributed by atoms with Crippen LogP contribution in [-0.2, 0) is 22.4 Å². The van der Waals surface area contributed by atoms with Gasteiger partial charge in [0, 0.05) is 12.6 Å². The number of methoxy groups -OCH3 is 2. The number of benzene rings is 2. The summed E-state index contributed by atoms with van der Waals surface area (Å²) in [4.78, 5) is 24.7. The van der Waals surface area contributed by atoms with E-state index in [4.69, 9.17) is 9.47 Å². The van der Waals surface area contributed by atoms with Gasteiger partial charge in [0.2, 0.25) is 11.8 Å². The Hall–Kier alpha value is -3.02. The topological polar surface area (TPSA) is 76.7 Å². The lowest BCUT2D eigenvalue weighted by Gasteiger charge is -2.19. The molecule has 2 aromatic rings.